The van der Waals surface area contributed by atoms with E-state index in [9.17, 15) is 18.0 Å². The van der Waals surface area contributed by atoms with E-state index in [-0.39, 0.29) is 18.1 Å². The summed E-state index contributed by atoms with van der Waals surface area (Å²) in [6.45, 7) is 7.72. The zero-order valence-corrected chi connectivity index (χ0v) is 23.4. The predicted molar refractivity (Wildman–Crippen MR) is 144 cm³/mol. The molecule has 0 saturated carbocycles. The molecule has 11 heteroatoms. The Kier molecular flexibility index (Phi) is 8.96. The van der Waals surface area contributed by atoms with Crippen molar-refractivity contribution < 1.29 is 27.5 Å². The fraction of sp³-hybridized carbons (Fsp3) is 0.462. The second kappa shape index (κ2) is 11.6. The Morgan fingerprint density at radius 1 is 1.05 bits per heavy atom. The number of nitrogens with zero attached hydrogens (tertiary/aromatic N) is 2. The molecule has 1 aliphatic rings. The van der Waals surface area contributed by atoms with E-state index in [2.05, 4.69) is 5.32 Å². The molecule has 3 rings (SSSR count). The summed E-state index contributed by atoms with van der Waals surface area (Å²) in [6, 6.07) is 10.8. The molecular formula is C26H34ClN3O6S. The smallest absolute Gasteiger partial charge is 0.244 e. The van der Waals surface area contributed by atoms with Crippen molar-refractivity contribution in [1.29, 1.82) is 0 Å². The van der Waals surface area contributed by atoms with Crippen molar-refractivity contribution in [3.05, 3.63) is 53.1 Å². The van der Waals surface area contributed by atoms with Crippen LogP contribution in [0, 0.1) is 0 Å². The van der Waals surface area contributed by atoms with Crippen molar-refractivity contribution in [1.82, 2.24) is 10.2 Å². The molecule has 37 heavy (non-hydrogen) atoms. The van der Waals surface area contributed by atoms with Gasteiger partial charge >= 0.3 is 0 Å². The first-order valence-corrected chi connectivity index (χ1v) is 14.2. The first kappa shape index (κ1) is 28.6. The summed E-state index contributed by atoms with van der Waals surface area (Å²) >= 11 is 6.02. The van der Waals surface area contributed by atoms with Gasteiger partial charge in [-0.15, -0.1) is 0 Å². The number of anilines is 1. The van der Waals surface area contributed by atoms with Crippen molar-refractivity contribution in [2.75, 3.05) is 30.3 Å². The number of carbonyl (C=O) groups excluding carboxylic acids is 2. The van der Waals surface area contributed by atoms with Gasteiger partial charge in [0.25, 0.3) is 0 Å². The SMILES string of the molecule is CC[C@@H](C(=O)NC(C)(C)C)N(Cc1ccc(Cl)cc1)C(=O)CN(c1ccc2c(c1)OCCO2)S(C)(=O)=O. The summed E-state index contributed by atoms with van der Waals surface area (Å²) in [5.74, 6) is 0.0663. The van der Waals surface area contributed by atoms with Crippen LogP contribution in [0.5, 0.6) is 11.5 Å². The van der Waals surface area contributed by atoms with Crippen molar-refractivity contribution in [2.45, 2.75) is 52.2 Å². The molecule has 2 aromatic rings. The van der Waals surface area contributed by atoms with Gasteiger partial charge in [-0.05, 0) is 57.0 Å². The first-order chi connectivity index (χ1) is 17.3. The van der Waals surface area contributed by atoms with Gasteiger partial charge in [0.15, 0.2) is 11.5 Å². The molecule has 2 amide bonds. The summed E-state index contributed by atoms with van der Waals surface area (Å²) in [4.78, 5) is 28.4. The van der Waals surface area contributed by atoms with Gasteiger partial charge in [-0.2, -0.15) is 0 Å². The van der Waals surface area contributed by atoms with Gasteiger partial charge in [-0.1, -0.05) is 30.7 Å². The maximum atomic E-state index is 13.8. The van der Waals surface area contributed by atoms with Crippen LogP contribution in [0.4, 0.5) is 5.69 Å². The second-order valence-corrected chi connectivity index (χ2v) is 12.3. The molecule has 0 radical (unpaired) electrons. The molecule has 0 aliphatic carbocycles. The molecule has 0 fully saturated rings. The van der Waals surface area contributed by atoms with Crippen LogP contribution in [0.1, 0.15) is 39.7 Å². The summed E-state index contributed by atoms with van der Waals surface area (Å²) in [5.41, 5.74) is 0.507. The standard InChI is InChI=1S/C26H34ClN3O6S/c1-6-21(25(32)28-26(2,3)4)29(16-18-7-9-19(27)10-8-18)24(31)17-30(37(5,33)34)20-11-12-22-23(15-20)36-14-13-35-22/h7-12,15,21H,6,13-14,16-17H2,1-5H3,(H,28,32)/t21-/m0/s1. The van der Waals surface area contributed by atoms with Gasteiger partial charge in [0, 0.05) is 23.2 Å². The van der Waals surface area contributed by atoms with E-state index in [4.69, 9.17) is 21.1 Å². The molecule has 9 nitrogen and oxygen atoms in total. The number of carbonyl (C=O) groups is 2. The monoisotopic (exact) mass is 551 g/mol. The number of fused-ring (bicyclic) bond motifs is 1. The predicted octanol–water partition coefficient (Wildman–Crippen LogP) is 3.60. The topological polar surface area (TPSA) is 105 Å². The number of hydrogen-bond acceptors (Lipinski definition) is 6. The average Bonchev–Trinajstić information content (AvgIpc) is 2.81. The largest absolute Gasteiger partial charge is 0.486 e. The quantitative estimate of drug-likeness (QED) is 0.510. The van der Waals surface area contributed by atoms with E-state index in [0.717, 1.165) is 16.1 Å². The van der Waals surface area contributed by atoms with Gasteiger partial charge in [0.2, 0.25) is 21.8 Å². The number of hydrogen-bond donors (Lipinski definition) is 1. The van der Waals surface area contributed by atoms with Crippen LogP contribution in [-0.2, 0) is 26.2 Å². The Morgan fingerprint density at radius 3 is 2.24 bits per heavy atom. The van der Waals surface area contributed by atoms with Gasteiger partial charge < -0.3 is 19.7 Å². The molecule has 1 aliphatic heterocycles. The molecule has 0 bridgehead atoms. The van der Waals surface area contributed by atoms with Gasteiger partial charge in [-0.3, -0.25) is 13.9 Å². The Balaban J connectivity index is 1.96. The third-order valence-electron chi connectivity index (χ3n) is 5.64. The lowest BCUT2D eigenvalue weighted by Gasteiger charge is -2.34. The molecule has 0 spiro atoms. The third kappa shape index (κ3) is 7.75. The summed E-state index contributed by atoms with van der Waals surface area (Å²) < 4.78 is 37.7. The molecule has 0 aromatic heterocycles. The summed E-state index contributed by atoms with van der Waals surface area (Å²) in [7, 11) is -3.86. The lowest BCUT2D eigenvalue weighted by molar-refractivity contribution is -0.141. The molecular weight excluding hydrogens is 518 g/mol. The lowest BCUT2D eigenvalue weighted by atomic mass is 10.1. The molecule has 1 atom stereocenters. The van der Waals surface area contributed by atoms with Crippen LogP contribution in [0.2, 0.25) is 5.02 Å². The Hall–Kier alpha value is -2.98. The zero-order valence-electron chi connectivity index (χ0n) is 21.8. The van der Waals surface area contributed by atoms with E-state index < -0.39 is 34.1 Å². The normalized spacial score (nSPS) is 14.0. The highest BCUT2D eigenvalue weighted by Gasteiger charge is 2.33. The van der Waals surface area contributed by atoms with Crippen LogP contribution in [0.15, 0.2) is 42.5 Å². The fourth-order valence-corrected chi connectivity index (χ4v) is 4.93. The number of sulfonamides is 1. The number of ether oxygens (including phenoxy) is 2. The number of nitrogens with one attached hydrogen (secondary N) is 1. The number of halogens is 1. The van der Waals surface area contributed by atoms with E-state index in [1.165, 1.54) is 11.0 Å². The maximum absolute atomic E-state index is 13.8. The number of rotatable bonds is 9. The maximum Gasteiger partial charge on any atom is 0.244 e. The molecule has 1 heterocycles. The number of amides is 2. The van der Waals surface area contributed by atoms with Crippen molar-refractivity contribution in [3.8, 4) is 11.5 Å². The first-order valence-electron chi connectivity index (χ1n) is 12.0. The minimum Gasteiger partial charge on any atom is -0.486 e. The van der Waals surface area contributed by atoms with Crippen molar-refractivity contribution in [2.24, 2.45) is 0 Å². The minimum absolute atomic E-state index is 0.102. The van der Waals surface area contributed by atoms with Crippen LogP contribution in [0.3, 0.4) is 0 Å². The van der Waals surface area contributed by atoms with E-state index in [1.807, 2.05) is 27.7 Å². The van der Waals surface area contributed by atoms with Crippen molar-refractivity contribution in [3.63, 3.8) is 0 Å². The van der Waals surface area contributed by atoms with Gasteiger partial charge in [-0.25, -0.2) is 8.42 Å². The van der Waals surface area contributed by atoms with Crippen LogP contribution in [0.25, 0.3) is 0 Å². The highest BCUT2D eigenvalue weighted by molar-refractivity contribution is 7.92. The molecule has 202 valence electrons. The van der Waals surface area contributed by atoms with E-state index in [1.54, 1.807) is 36.4 Å². The third-order valence-corrected chi connectivity index (χ3v) is 7.04. The van der Waals surface area contributed by atoms with Crippen LogP contribution in [-0.4, -0.2) is 62.7 Å². The van der Waals surface area contributed by atoms with Gasteiger partial charge in [0.05, 0.1) is 11.9 Å². The van der Waals surface area contributed by atoms with E-state index in [0.29, 0.717) is 36.2 Å². The highest BCUT2D eigenvalue weighted by Crippen LogP contribution is 2.34. The Labute approximate surface area is 223 Å². The molecule has 1 N–H and O–H groups in total. The fourth-order valence-electron chi connectivity index (χ4n) is 3.96. The zero-order chi connectivity index (χ0) is 27.4. The molecule has 0 saturated heterocycles. The van der Waals surface area contributed by atoms with Crippen LogP contribution >= 0.6 is 11.6 Å². The van der Waals surface area contributed by atoms with E-state index >= 15 is 0 Å². The Morgan fingerprint density at radius 2 is 1.68 bits per heavy atom. The summed E-state index contributed by atoms with van der Waals surface area (Å²) in [5, 5.41) is 3.48. The second-order valence-electron chi connectivity index (χ2n) is 9.91. The average molecular weight is 552 g/mol. The molecule has 2 aromatic carbocycles. The minimum atomic E-state index is -3.86. The van der Waals surface area contributed by atoms with Crippen molar-refractivity contribution >= 4 is 39.1 Å². The van der Waals surface area contributed by atoms with Crippen LogP contribution < -0.4 is 19.1 Å². The lowest BCUT2D eigenvalue weighted by Crippen LogP contribution is -2.55. The number of benzene rings is 2. The molecule has 0 unspecified atom stereocenters. The highest BCUT2D eigenvalue weighted by atomic mass is 35.5. The Bertz CT molecular complexity index is 1230. The summed E-state index contributed by atoms with van der Waals surface area (Å²) in [6.07, 6.45) is 1.37. The van der Waals surface area contributed by atoms with Gasteiger partial charge in [0.1, 0.15) is 25.8 Å².